The first-order valence-electron chi connectivity index (χ1n) is 9.38. The number of hydrogen-bond donors (Lipinski definition) is 1. The highest BCUT2D eigenvalue weighted by Crippen LogP contribution is 2.46. The molecule has 0 spiro atoms. The summed E-state index contributed by atoms with van der Waals surface area (Å²) in [4.78, 5) is 12.2. The second kappa shape index (κ2) is 7.08. The molecule has 0 amide bonds. The lowest BCUT2D eigenvalue weighted by molar-refractivity contribution is -0.129. The average Bonchev–Trinajstić information content (AvgIpc) is 2.83. The zero-order valence-electron chi connectivity index (χ0n) is 15.8. The Hall–Kier alpha value is -1.39. The fourth-order valence-corrected chi connectivity index (χ4v) is 4.07. The number of ketones is 1. The van der Waals surface area contributed by atoms with Gasteiger partial charge in [-0.1, -0.05) is 23.3 Å². The molecule has 4 atom stereocenters. The maximum Gasteiger partial charge on any atom is 0.190 e. The van der Waals surface area contributed by atoms with Gasteiger partial charge in [0.2, 0.25) is 0 Å². The van der Waals surface area contributed by atoms with Gasteiger partial charge >= 0.3 is 0 Å². The lowest BCUT2D eigenvalue weighted by Gasteiger charge is -2.39. The molecular weight excluding hydrogens is 316 g/mol. The van der Waals surface area contributed by atoms with E-state index in [0.717, 1.165) is 25.0 Å². The van der Waals surface area contributed by atoms with E-state index in [9.17, 15) is 9.90 Å². The summed E-state index contributed by atoms with van der Waals surface area (Å²) < 4.78 is 12.4. The lowest BCUT2D eigenvalue weighted by Crippen LogP contribution is -2.45. The van der Waals surface area contributed by atoms with Crippen LogP contribution in [0.25, 0.3) is 0 Å². The summed E-state index contributed by atoms with van der Waals surface area (Å²) in [6.45, 7) is 8.48. The third-order valence-corrected chi connectivity index (χ3v) is 5.52. The number of carbonyl (C=O) groups is 1. The first-order valence-corrected chi connectivity index (χ1v) is 9.38. The number of rotatable bonds is 4. The molecular formula is C21H30O4. The first kappa shape index (κ1) is 18.4. The fraction of sp³-hybridized carbons (Fsp3) is 0.667. The van der Waals surface area contributed by atoms with Gasteiger partial charge in [-0.05, 0) is 47.0 Å². The molecule has 0 aromatic heterocycles. The molecule has 138 valence electrons. The molecule has 1 N–H and O–H groups in total. The van der Waals surface area contributed by atoms with E-state index in [2.05, 4.69) is 39.8 Å². The van der Waals surface area contributed by atoms with Crippen LogP contribution in [0.15, 0.2) is 34.6 Å². The van der Waals surface area contributed by atoms with Crippen molar-refractivity contribution in [2.24, 2.45) is 0 Å². The molecule has 2 heterocycles. The highest BCUT2D eigenvalue weighted by Gasteiger charge is 2.51. The van der Waals surface area contributed by atoms with Crippen molar-refractivity contribution in [3.63, 3.8) is 0 Å². The van der Waals surface area contributed by atoms with Crippen molar-refractivity contribution in [3.05, 3.63) is 34.6 Å². The van der Waals surface area contributed by atoms with Crippen LogP contribution in [-0.2, 0) is 14.3 Å². The van der Waals surface area contributed by atoms with E-state index in [1.807, 2.05) is 0 Å². The summed E-state index contributed by atoms with van der Waals surface area (Å²) in [7, 11) is 0. The van der Waals surface area contributed by atoms with Crippen LogP contribution in [0.3, 0.4) is 0 Å². The van der Waals surface area contributed by atoms with E-state index in [1.54, 1.807) is 0 Å². The highest BCUT2D eigenvalue weighted by molar-refractivity contribution is 6.00. The molecule has 0 aromatic rings. The van der Waals surface area contributed by atoms with Gasteiger partial charge in [-0.2, -0.15) is 0 Å². The number of fused-ring (bicyclic) bond motifs is 1. The topological polar surface area (TPSA) is 55.8 Å². The summed E-state index contributed by atoms with van der Waals surface area (Å²) >= 11 is 0. The summed E-state index contributed by atoms with van der Waals surface area (Å²) in [5.41, 5.74) is 2.95. The fourth-order valence-electron chi connectivity index (χ4n) is 4.07. The smallest absolute Gasteiger partial charge is 0.190 e. The predicted molar refractivity (Wildman–Crippen MR) is 97.1 cm³/mol. The van der Waals surface area contributed by atoms with Crippen LogP contribution >= 0.6 is 0 Å². The Kier molecular flexibility index (Phi) is 5.21. The van der Waals surface area contributed by atoms with E-state index in [-0.39, 0.29) is 23.6 Å². The van der Waals surface area contributed by atoms with Gasteiger partial charge in [0, 0.05) is 24.8 Å². The van der Waals surface area contributed by atoms with E-state index >= 15 is 0 Å². The van der Waals surface area contributed by atoms with Crippen molar-refractivity contribution in [3.8, 4) is 0 Å². The largest absolute Gasteiger partial charge is 0.489 e. The number of ether oxygens (including phenoxy) is 2. The molecule has 1 aliphatic carbocycles. The molecule has 0 aromatic carbocycles. The van der Waals surface area contributed by atoms with E-state index in [1.165, 1.54) is 11.1 Å². The van der Waals surface area contributed by atoms with Gasteiger partial charge in [0.15, 0.2) is 5.78 Å². The van der Waals surface area contributed by atoms with Crippen molar-refractivity contribution in [1.82, 2.24) is 0 Å². The monoisotopic (exact) mass is 346 g/mol. The van der Waals surface area contributed by atoms with Gasteiger partial charge in [0.1, 0.15) is 23.6 Å². The minimum Gasteiger partial charge on any atom is -0.489 e. The average molecular weight is 346 g/mol. The molecule has 3 aliphatic rings. The van der Waals surface area contributed by atoms with Gasteiger partial charge in [-0.3, -0.25) is 4.79 Å². The summed E-state index contributed by atoms with van der Waals surface area (Å²) in [5.74, 6) is 0.603. The molecule has 0 unspecified atom stereocenters. The molecule has 0 saturated carbocycles. The second-order valence-electron chi connectivity index (χ2n) is 8.14. The van der Waals surface area contributed by atoms with E-state index in [0.29, 0.717) is 24.8 Å². The first-order chi connectivity index (χ1) is 11.8. The zero-order chi connectivity index (χ0) is 18.2. The highest BCUT2D eigenvalue weighted by atomic mass is 16.6. The van der Waals surface area contributed by atoms with Crippen LogP contribution in [0, 0.1) is 0 Å². The molecule has 1 fully saturated rings. The third-order valence-electron chi connectivity index (χ3n) is 5.52. The van der Waals surface area contributed by atoms with Crippen molar-refractivity contribution < 1.29 is 19.4 Å². The molecule has 2 aliphatic heterocycles. The van der Waals surface area contributed by atoms with Crippen molar-refractivity contribution in [2.75, 3.05) is 0 Å². The summed E-state index contributed by atoms with van der Waals surface area (Å²) in [6, 6.07) is 0. The number of aliphatic hydroxyl groups is 1. The van der Waals surface area contributed by atoms with Gasteiger partial charge in [-0.15, -0.1) is 0 Å². The minimum atomic E-state index is -0.874. The second-order valence-corrected chi connectivity index (χ2v) is 8.14. The van der Waals surface area contributed by atoms with Crippen LogP contribution in [0.2, 0.25) is 0 Å². The van der Waals surface area contributed by atoms with Gasteiger partial charge < -0.3 is 14.6 Å². The number of carbonyl (C=O) groups excluding carboxylic acids is 1. The van der Waals surface area contributed by atoms with Gasteiger partial charge in [-0.25, -0.2) is 0 Å². The Balaban J connectivity index is 1.66. The Morgan fingerprint density at radius 2 is 2.12 bits per heavy atom. The van der Waals surface area contributed by atoms with E-state index < -0.39 is 6.10 Å². The number of allylic oxidation sites excluding steroid dienone is 4. The van der Waals surface area contributed by atoms with Gasteiger partial charge in [0.05, 0.1) is 6.10 Å². The molecule has 25 heavy (non-hydrogen) atoms. The van der Waals surface area contributed by atoms with Crippen molar-refractivity contribution in [2.45, 2.75) is 90.1 Å². The SMILES string of the molecule is CC(C)=CCC/C(C)=C/[C@H]1C[C@@]2(C)OC3=C(C[C@H]2O1)C(=O)[C@H](O)CC3. The van der Waals surface area contributed by atoms with Crippen molar-refractivity contribution in [1.29, 1.82) is 0 Å². The molecule has 0 bridgehead atoms. The molecule has 3 rings (SSSR count). The maximum atomic E-state index is 12.2. The Bertz CT molecular complexity index is 638. The van der Waals surface area contributed by atoms with Gasteiger partial charge in [0.25, 0.3) is 0 Å². The Morgan fingerprint density at radius 3 is 2.84 bits per heavy atom. The van der Waals surface area contributed by atoms with Crippen LogP contribution in [0.1, 0.15) is 66.2 Å². The van der Waals surface area contributed by atoms with Crippen LogP contribution in [-0.4, -0.2) is 34.8 Å². The Morgan fingerprint density at radius 1 is 1.36 bits per heavy atom. The van der Waals surface area contributed by atoms with Crippen LogP contribution in [0.5, 0.6) is 0 Å². The summed E-state index contributed by atoms with van der Waals surface area (Å²) in [6.07, 6.45) is 8.07. The number of aliphatic hydroxyl groups excluding tert-OH is 1. The third kappa shape index (κ3) is 3.90. The molecule has 4 nitrogen and oxygen atoms in total. The molecule has 4 heteroatoms. The van der Waals surface area contributed by atoms with Crippen LogP contribution < -0.4 is 0 Å². The van der Waals surface area contributed by atoms with Crippen molar-refractivity contribution >= 4 is 5.78 Å². The van der Waals surface area contributed by atoms with E-state index in [4.69, 9.17) is 9.47 Å². The molecule has 0 radical (unpaired) electrons. The number of hydrogen-bond acceptors (Lipinski definition) is 4. The predicted octanol–water partition coefficient (Wildman–Crippen LogP) is 3.99. The van der Waals surface area contributed by atoms with Crippen LogP contribution in [0.4, 0.5) is 0 Å². The number of Topliss-reactive ketones (excluding diaryl/α,β-unsaturated/α-hetero) is 1. The lowest BCUT2D eigenvalue weighted by atomic mass is 9.82. The standard InChI is InChI=1S/C21H30O4/c1-13(2)6-5-7-14(3)10-15-12-21(4)19(24-15)11-16-18(25-21)9-8-17(22)20(16)23/h6,10,15,17,19,22H,5,7-9,11-12H2,1-4H3/b14-10+/t15-,17+,19+,21+/m0/s1. The maximum absolute atomic E-state index is 12.2. The quantitative estimate of drug-likeness (QED) is 0.782. The molecule has 1 saturated heterocycles. The summed E-state index contributed by atoms with van der Waals surface area (Å²) in [5, 5.41) is 9.82. The zero-order valence-corrected chi connectivity index (χ0v) is 15.8. The normalized spacial score (nSPS) is 35.2. The minimum absolute atomic E-state index is 0.0306. The Labute approximate surface area is 150 Å².